The van der Waals surface area contributed by atoms with Crippen molar-refractivity contribution >= 4 is 23.4 Å². The number of pyridine rings is 1. The first-order valence-corrected chi connectivity index (χ1v) is 4.34. The summed E-state index contributed by atoms with van der Waals surface area (Å²) in [4.78, 5) is 14.0. The van der Waals surface area contributed by atoms with E-state index in [9.17, 15) is 4.79 Å². The lowest BCUT2D eigenvalue weighted by Crippen LogP contribution is -2.18. The van der Waals surface area contributed by atoms with Gasteiger partial charge in [-0.05, 0) is 12.1 Å². The van der Waals surface area contributed by atoms with Crippen molar-refractivity contribution in [1.29, 1.82) is 0 Å². The molecule has 0 aliphatic heterocycles. The fourth-order valence-electron chi connectivity index (χ4n) is 0.859. The summed E-state index contributed by atoms with van der Waals surface area (Å²) in [6.07, 6.45) is 0.805. The fourth-order valence-corrected chi connectivity index (χ4v) is 1.03. The van der Waals surface area contributed by atoms with Gasteiger partial charge in [0.25, 0.3) is 0 Å². The Bertz CT molecular complexity index is 319. The van der Waals surface area contributed by atoms with Gasteiger partial charge in [-0.3, -0.25) is 0 Å². The number of primary amides is 1. The quantitative estimate of drug-likeness (QED) is 0.585. The molecule has 5 nitrogen and oxygen atoms in total. The maximum absolute atomic E-state index is 10.2. The molecule has 1 heterocycles. The molecule has 14 heavy (non-hydrogen) atoms. The smallest absolute Gasteiger partial charge is 0.404 e. The molecule has 0 aliphatic carbocycles. The summed E-state index contributed by atoms with van der Waals surface area (Å²) in [6, 6.07) is 3.43. The number of halogens is 1. The van der Waals surface area contributed by atoms with E-state index in [0.717, 1.165) is 5.69 Å². The van der Waals surface area contributed by atoms with Gasteiger partial charge in [-0.1, -0.05) is 11.6 Å². The number of nitrogens with zero attached hydrogens (tertiary/aromatic N) is 1. The molecule has 0 spiro atoms. The standard InChI is InChI=1S/C8H10ClN3O2/c9-7-5-6(1-2-12-7)11-3-4-14-8(10)13/h1-2,5H,3-4H2,(H2,10,13)(H,11,12). The van der Waals surface area contributed by atoms with E-state index in [1.807, 2.05) is 0 Å². The van der Waals surface area contributed by atoms with Crippen LogP contribution in [0.25, 0.3) is 0 Å². The lowest BCUT2D eigenvalue weighted by atomic mass is 10.4. The van der Waals surface area contributed by atoms with E-state index in [1.54, 1.807) is 18.3 Å². The van der Waals surface area contributed by atoms with Gasteiger partial charge in [-0.2, -0.15) is 0 Å². The van der Waals surface area contributed by atoms with Crippen LogP contribution < -0.4 is 11.1 Å². The highest BCUT2D eigenvalue weighted by molar-refractivity contribution is 6.29. The van der Waals surface area contributed by atoms with Crippen LogP contribution in [0.4, 0.5) is 10.5 Å². The maximum atomic E-state index is 10.2. The van der Waals surface area contributed by atoms with Gasteiger partial charge in [0.1, 0.15) is 11.8 Å². The first-order chi connectivity index (χ1) is 6.68. The number of aromatic nitrogens is 1. The predicted molar refractivity (Wildman–Crippen MR) is 53.3 cm³/mol. The molecule has 1 amide bonds. The van der Waals surface area contributed by atoms with Crippen molar-refractivity contribution in [3.05, 3.63) is 23.5 Å². The van der Waals surface area contributed by atoms with Crippen LogP contribution in [0.2, 0.25) is 5.15 Å². The summed E-state index contributed by atoms with van der Waals surface area (Å²) in [5.41, 5.74) is 5.59. The fraction of sp³-hybridized carbons (Fsp3) is 0.250. The third-order valence-corrected chi connectivity index (χ3v) is 1.61. The molecule has 0 atom stereocenters. The maximum Gasteiger partial charge on any atom is 0.404 e. The third-order valence-electron chi connectivity index (χ3n) is 1.40. The van der Waals surface area contributed by atoms with Crippen molar-refractivity contribution in [3.63, 3.8) is 0 Å². The Kier molecular flexibility index (Phi) is 4.00. The van der Waals surface area contributed by atoms with Gasteiger partial charge < -0.3 is 15.8 Å². The number of nitrogens with one attached hydrogen (secondary N) is 1. The second-order valence-corrected chi connectivity index (χ2v) is 2.85. The lowest BCUT2D eigenvalue weighted by molar-refractivity contribution is 0.161. The summed E-state index contributed by atoms with van der Waals surface area (Å²) in [7, 11) is 0. The van der Waals surface area contributed by atoms with Gasteiger partial charge in [-0.25, -0.2) is 9.78 Å². The summed E-state index contributed by atoms with van der Waals surface area (Å²) in [5, 5.41) is 3.39. The Hall–Kier alpha value is -1.49. The van der Waals surface area contributed by atoms with E-state index in [2.05, 4.69) is 15.0 Å². The summed E-state index contributed by atoms with van der Waals surface area (Å²) in [5.74, 6) is 0. The van der Waals surface area contributed by atoms with Gasteiger partial charge >= 0.3 is 6.09 Å². The number of hydrogen-bond donors (Lipinski definition) is 2. The van der Waals surface area contributed by atoms with Gasteiger partial charge in [0.05, 0.1) is 0 Å². The van der Waals surface area contributed by atoms with Crippen LogP contribution in [0.1, 0.15) is 0 Å². The third kappa shape index (κ3) is 3.95. The first-order valence-electron chi connectivity index (χ1n) is 3.96. The van der Waals surface area contributed by atoms with Crippen molar-refractivity contribution in [2.24, 2.45) is 5.73 Å². The highest BCUT2D eigenvalue weighted by Crippen LogP contribution is 2.10. The number of carbonyl (C=O) groups excluding carboxylic acids is 1. The number of anilines is 1. The highest BCUT2D eigenvalue weighted by atomic mass is 35.5. The molecule has 0 saturated heterocycles. The zero-order valence-corrected chi connectivity index (χ0v) is 8.12. The zero-order valence-electron chi connectivity index (χ0n) is 7.37. The van der Waals surface area contributed by atoms with E-state index >= 15 is 0 Å². The lowest BCUT2D eigenvalue weighted by Gasteiger charge is -2.05. The second-order valence-electron chi connectivity index (χ2n) is 2.46. The Morgan fingerprint density at radius 1 is 1.71 bits per heavy atom. The molecular weight excluding hydrogens is 206 g/mol. The molecule has 0 aliphatic rings. The molecule has 0 aromatic carbocycles. The number of carbonyl (C=O) groups is 1. The molecule has 76 valence electrons. The average Bonchev–Trinajstić information content (AvgIpc) is 2.12. The van der Waals surface area contributed by atoms with Crippen LogP contribution in [-0.4, -0.2) is 24.2 Å². The van der Waals surface area contributed by atoms with Crippen molar-refractivity contribution in [2.45, 2.75) is 0 Å². The van der Waals surface area contributed by atoms with Crippen molar-refractivity contribution in [3.8, 4) is 0 Å². The number of nitrogens with two attached hydrogens (primary N) is 1. The van der Waals surface area contributed by atoms with Crippen LogP contribution >= 0.6 is 11.6 Å². The van der Waals surface area contributed by atoms with E-state index in [-0.39, 0.29) is 6.61 Å². The van der Waals surface area contributed by atoms with E-state index < -0.39 is 6.09 Å². The summed E-state index contributed by atoms with van der Waals surface area (Å²) >= 11 is 5.65. The molecule has 0 fully saturated rings. The Morgan fingerprint density at radius 2 is 2.50 bits per heavy atom. The second kappa shape index (κ2) is 5.29. The van der Waals surface area contributed by atoms with Crippen LogP contribution in [0, 0.1) is 0 Å². The minimum atomic E-state index is -0.778. The van der Waals surface area contributed by atoms with Crippen molar-refractivity contribution in [1.82, 2.24) is 4.98 Å². The average molecular weight is 216 g/mol. The Balaban J connectivity index is 2.28. The first kappa shape index (κ1) is 10.6. The summed E-state index contributed by atoms with van der Waals surface area (Å²) < 4.78 is 4.52. The highest BCUT2D eigenvalue weighted by Gasteiger charge is 1.95. The number of rotatable bonds is 4. The van der Waals surface area contributed by atoms with Crippen molar-refractivity contribution in [2.75, 3.05) is 18.5 Å². The molecule has 0 bridgehead atoms. The predicted octanol–water partition coefficient (Wildman–Crippen LogP) is 1.24. The number of hydrogen-bond acceptors (Lipinski definition) is 4. The van der Waals surface area contributed by atoms with Crippen molar-refractivity contribution < 1.29 is 9.53 Å². The largest absolute Gasteiger partial charge is 0.448 e. The summed E-state index contributed by atoms with van der Waals surface area (Å²) in [6.45, 7) is 0.693. The molecule has 6 heteroatoms. The van der Waals surface area contributed by atoms with Gasteiger partial charge in [0.15, 0.2) is 0 Å². The molecule has 0 unspecified atom stereocenters. The topological polar surface area (TPSA) is 77.2 Å². The normalized spacial score (nSPS) is 9.50. The minimum absolute atomic E-state index is 0.218. The van der Waals surface area contributed by atoms with Gasteiger partial charge in [0, 0.05) is 18.4 Å². The van der Waals surface area contributed by atoms with E-state index in [1.165, 1.54) is 0 Å². The molecule has 1 aromatic heterocycles. The molecule has 1 aromatic rings. The molecular formula is C8H10ClN3O2. The minimum Gasteiger partial charge on any atom is -0.448 e. The monoisotopic (exact) mass is 215 g/mol. The molecule has 0 radical (unpaired) electrons. The van der Waals surface area contributed by atoms with Gasteiger partial charge in [0.2, 0.25) is 0 Å². The number of amides is 1. The Labute approximate surface area is 86.2 Å². The molecule has 3 N–H and O–H groups in total. The SMILES string of the molecule is NC(=O)OCCNc1ccnc(Cl)c1. The van der Waals surface area contributed by atoms with Crippen LogP contribution in [-0.2, 0) is 4.74 Å². The van der Waals surface area contributed by atoms with Crippen LogP contribution in [0.15, 0.2) is 18.3 Å². The van der Waals surface area contributed by atoms with Crippen LogP contribution in [0.5, 0.6) is 0 Å². The molecule has 1 rings (SSSR count). The number of ether oxygens (including phenoxy) is 1. The van der Waals surface area contributed by atoms with Crippen LogP contribution in [0.3, 0.4) is 0 Å². The zero-order chi connectivity index (χ0) is 10.4. The van der Waals surface area contributed by atoms with E-state index in [0.29, 0.717) is 11.7 Å². The molecule has 0 saturated carbocycles. The van der Waals surface area contributed by atoms with E-state index in [4.69, 9.17) is 17.3 Å². The van der Waals surface area contributed by atoms with Gasteiger partial charge in [-0.15, -0.1) is 0 Å². The Morgan fingerprint density at radius 3 is 3.14 bits per heavy atom.